The molecule has 1 aliphatic heterocycles. The van der Waals surface area contributed by atoms with Crippen molar-refractivity contribution in [3.8, 4) is 17.2 Å². The number of hydrogen-bond donors (Lipinski definition) is 1. The number of methoxy groups -OCH3 is 1. The van der Waals surface area contributed by atoms with Crippen molar-refractivity contribution < 1.29 is 23.8 Å². The zero-order valence-corrected chi connectivity index (χ0v) is 17.2. The Morgan fingerprint density at radius 1 is 0.933 bits per heavy atom. The minimum Gasteiger partial charge on any atom is -0.497 e. The molecule has 1 fully saturated rings. The van der Waals surface area contributed by atoms with E-state index < -0.39 is 0 Å². The van der Waals surface area contributed by atoms with Crippen LogP contribution in [0.2, 0.25) is 0 Å². The van der Waals surface area contributed by atoms with Crippen LogP contribution in [0.3, 0.4) is 0 Å². The summed E-state index contributed by atoms with van der Waals surface area (Å²) >= 11 is 0. The van der Waals surface area contributed by atoms with E-state index >= 15 is 0 Å². The summed E-state index contributed by atoms with van der Waals surface area (Å²) in [5, 5.41) is 2.92. The van der Waals surface area contributed by atoms with Gasteiger partial charge in [-0.05, 0) is 43.0 Å². The molecule has 7 nitrogen and oxygen atoms in total. The summed E-state index contributed by atoms with van der Waals surface area (Å²) in [5.74, 6) is 2.16. The lowest BCUT2D eigenvalue weighted by Gasteiger charge is -2.32. The summed E-state index contributed by atoms with van der Waals surface area (Å²) in [4.78, 5) is 26.2. The highest BCUT2D eigenvalue weighted by Gasteiger charge is 2.23. The number of piperidine rings is 1. The standard InChI is InChI=1S/C23H28N2O5/c1-28-20-8-5-9-21(14-20)29-16-22(26)24-15-18-10-12-25(13-11-18)23(27)17-30-19-6-3-2-4-7-19/h2-9,14,18H,10-13,15-17H2,1H3,(H,24,26). The van der Waals surface area contributed by atoms with Gasteiger partial charge in [0.2, 0.25) is 0 Å². The summed E-state index contributed by atoms with van der Waals surface area (Å²) in [7, 11) is 1.58. The molecule has 1 heterocycles. The van der Waals surface area contributed by atoms with Gasteiger partial charge in [0.15, 0.2) is 13.2 Å². The number of carbonyl (C=O) groups excluding carboxylic acids is 2. The fourth-order valence-corrected chi connectivity index (χ4v) is 3.29. The van der Waals surface area contributed by atoms with Gasteiger partial charge in [0.25, 0.3) is 11.8 Å². The van der Waals surface area contributed by atoms with Crippen molar-refractivity contribution in [2.24, 2.45) is 5.92 Å². The van der Waals surface area contributed by atoms with Crippen LogP contribution in [-0.2, 0) is 9.59 Å². The van der Waals surface area contributed by atoms with Crippen LogP contribution in [0.25, 0.3) is 0 Å². The van der Waals surface area contributed by atoms with E-state index in [1.54, 1.807) is 19.2 Å². The number of nitrogens with zero attached hydrogens (tertiary/aromatic N) is 1. The molecule has 0 aromatic heterocycles. The number of nitrogens with one attached hydrogen (secondary N) is 1. The quantitative estimate of drug-likeness (QED) is 0.685. The predicted molar refractivity (Wildman–Crippen MR) is 113 cm³/mol. The predicted octanol–water partition coefficient (Wildman–Crippen LogP) is 2.51. The van der Waals surface area contributed by atoms with Crippen molar-refractivity contribution in [1.29, 1.82) is 0 Å². The van der Waals surface area contributed by atoms with E-state index in [2.05, 4.69) is 5.32 Å². The Morgan fingerprint density at radius 3 is 2.33 bits per heavy atom. The first-order valence-electron chi connectivity index (χ1n) is 10.1. The molecule has 0 bridgehead atoms. The van der Waals surface area contributed by atoms with Gasteiger partial charge in [-0.1, -0.05) is 24.3 Å². The van der Waals surface area contributed by atoms with Crippen molar-refractivity contribution in [3.05, 3.63) is 54.6 Å². The van der Waals surface area contributed by atoms with Gasteiger partial charge in [0, 0.05) is 25.7 Å². The molecule has 2 amide bonds. The molecule has 0 aliphatic carbocycles. The van der Waals surface area contributed by atoms with Crippen molar-refractivity contribution in [2.75, 3.05) is 40.0 Å². The second kappa shape index (κ2) is 11.1. The first kappa shape index (κ1) is 21.5. The van der Waals surface area contributed by atoms with Gasteiger partial charge in [-0.25, -0.2) is 0 Å². The summed E-state index contributed by atoms with van der Waals surface area (Å²) in [6, 6.07) is 16.5. The molecule has 0 unspecified atom stereocenters. The molecule has 7 heteroatoms. The second-order valence-electron chi connectivity index (χ2n) is 7.20. The fourth-order valence-electron chi connectivity index (χ4n) is 3.29. The van der Waals surface area contributed by atoms with Crippen molar-refractivity contribution >= 4 is 11.8 Å². The number of benzene rings is 2. The third-order valence-electron chi connectivity index (χ3n) is 5.07. The second-order valence-corrected chi connectivity index (χ2v) is 7.20. The van der Waals surface area contributed by atoms with E-state index in [0.29, 0.717) is 42.8 Å². The third kappa shape index (κ3) is 6.69. The summed E-state index contributed by atoms with van der Waals surface area (Å²) in [5.41, 5.74) is 0. The van der Waals surface area contributed by atoms with Gasteiger partial charge in [-0.3, -0.25) is 9.59 Å². The van der Waals surface area contributed by atoms with Gasteiger partial charge in [0.1, 0.15) is 17.2 Å². The van der Waals surface area contributed by atoms with Gasteiger partial charge >= 0.3 is 0 Å². The van der Waals surface area contributed by atoms with Crippen LogP contribution in [0.1, 0.15) is 12.8 Å². The Morgan fingerprint density at radius 2 is 1.60 bits per heavy atom. The lowest BCUT2D eigenvalue weighted by Crippen LogP contribution is -2.43. The molecule has 2 aromatic rings. The van der Waals surface area contributed by atoms with E-state index in [1.807, 2.05) is 47.4 Å². The van der Waals surface area contributed by atoms with E-state index in [1.165, 1.54) is 0 Å². The molecule has 0 atom stereocenters. The van der Waals surface area contributed by atoms with Crippen LogP contribution < -0.4 is 19.5 Å². The molecule has 1 N–H and O–H groups in total. The van der Waals surface area contributed by atoms with Crippen LogP contribution in [0, 0.1) is 5.92 Å². The molecule has 160 valence electrons. The highest BCUT2D eigenvalue weighted by molar-refractivity contribution is 5.78. The minimum atomic E-state index is -0.160. The highest BCUT2D eigenvalue weighted by Crippen LogP contribution is 2.19. The Kier molecular flexibility index (Phi) is 7.94. The Hall–Kier alpha value is -3.22. The maximum atomic E-state index is 12.3. The molecule has 0 saturated carbocycles. The highest BCUT2D eigenvalue weighted by atomic mass is 16.5. The molecule has 1 aliphatic rings. The SMILES string of the molecule is COc1cccc(OCC(=O)NCC2CCN(C(=O)COc3ccccc3)CC2)c1. The van der Waals surface area contributed by atoms with Crippen LogP contribution in [0.4, 0.5) is 0 Å². The van der Waals surface area contributed by atoms with Crippen molar-refractivity contribution in [3.63, 3.8) is 0 Å². The Bertz CT molecular complexity index is 819. The minimum absolute atomic E-state index is 0.00646. The van der Waals surface area contributed by atoms with Gasteiger partial charge < -0.3 is 24.4 Å². The van der Waals surface area contributed by atoms with Crippen LogP contribution in [0.15, 0.2) is 54.6 Å². The number of likely N-dealkylation sites (tertiary alicyclic amines) is 1. The number of ether oxygens (including phenoxy) is 3. The molecular formula is C23H28N2O5. The molecule has 0 radical (unpaired) electrons. The number of rotatable bonds is 9. The largest absolute Gasteiger partial charge is 0.497 e. The number of amides is 2. The maximum Gasteiger partial charge on any atom is 0.260 e. The first-order chi connectivity index (χ1) is 14.6. The van der Waals surface area contributed by atoms with E-state index in [0.717, 1.165) is 12.8 Å². The zero-order valence-electron chi connectivity index (χ0n) is 17.2. The van der Waals surface area contributed by atoms with Gasteiger partial charge in [0.05, 0.1) is 7.11 Å². The lowest BCUT2D eigenvalue weighted by molar-refractivity contribution is -0.135. The molecule has 1 saturated heterocycles. The first-order valence-corrected chi connectivity index (χ1v) is 10.1. The van der Waals surface area contributed by atoms with E-state index in [-0.39, 0.29) is 25.0 Å². The zero-order chi connectivity index (χ0) is 21.2. The summed E-state index contributed by atoms with van der Waals surface area (Å²) < 4.78 is 16.2. The monoisotopic (exact) mass is 412 g/mol. The Balaban J connectivity index is 1.31. The number of carbonyl (C=O) groups is 2. The molecule has 0 spiro atoms. The van der Waals surface area contributed by atoms with E-state index in [9.17, 15) is 9.59 Å². The average molecular weight is 412 g/mol. The normalized spacial score (nSPS) is 14.1. The van der Waals surface area contributed by atoms with Crippen molar-refractivity contribution in [1.82, 2.24) is 10.2 Å². The third-order valence-corrected chi connectivity index (χ3v) is 5.07. The van der Waals surface area contributed by atoms with E-state index in [4.69, 9.17) is 14.2 Å². The van der Waals surface area contributed by atoms with Crippen molar-refractivity contribution in [2.45, 2.75) is 12.8 Å². The molecule has 2 aromatic carbocycles. The topological polar surface area (TPSA) is 77.1 Å². The molecule has 3 rings (SSSR count). The van der Waals surface area contributed by atoms with Gasteiger partial charge in [-0.15, -0.1) is 0 Å². The molecular weight excluding hydrogens is 384 g/mol. The number of para-hydroxylation sites is 1. The maximum absolute atomic E-state index is 12.3. The number of hydrogen-bond acceptors (Lipinski definition) is 5. The lowest BCUT2D eigenvalue weighted by atomic mass is 9.97. The van der Waals surface area contributed by atoms with Crippen LogP contribution >= 0.6 is 0 Å². The van der Waals surface area contributed by atoms with Crippen LogP contribution in [0.5, 0.6) is 17.2 Å². The summed E-state index contributed by atoms with van der Waals surface area (Å²) in [6.07, 6.45) is 1.71. The fraction of sp³-hybridized carbons (Fsp3) is 0.391. The van der Waals surface area contributed by atoms with Gasteiger partial charge in [-0.2, -0.15) is 0 Å². The van der Waals surface area contributed by atoms with Crippen LogP contribution in [-0.4, -0.2) is 56.7 Å². The molecule has 30 heavy (non-hydrogen) atoms. The summed E-state index contributed by atoms with van der Waals surface area (Å²) in [6.45, 7) is 1.95. The smallest absolute Gasteiger partial charge is 0.260 e. The average Bonchev–Trinajstić information content (AvgIpc) is 2.81. The Labute approximate surface area is 176 Å².